The number of nitrogens with zero attached hydrogens (tertiary/aromatic N) is 1. The molecule has 0 rings (SSSR count). The predicted octanol–water partition coefficient (Wildman–Crippen LogP) is 0.630. The summed E-state index contributed by atoms with van der Waals surface area (Å²) in [6.45, 7) is 0.129. The molecule has 0 atom stereocenters. The van der Waals surface area contributed by atoms with E-state index in [2.05, 4.69) is 4.84 Å². The lowest BCUT2D eigenvalue weighted by Gasteiger charge is -1.98. The van der Waals surface area contributed by atoms with Gasteiger partial charge in [-0.3, -0.25) is 4.79 Å². The zero-order chi connectivity index (χ0) is 10.1. The smallest absolute Gasteiger partial charge is 0.294 e. The van der Waals surface area contributed by atoms with Gasteiger partial charge in [-0.05, 0) is 12.8 Å². The van der Waals surface area contributed by atoms with E-state index in [9.17, 15) is 14.9 Å². The van der Waals surface area contributed by atoms with Crippen LogP contribution in [-0.4, -0.2) is 17.6 Å². The van der Waals surface area contributed by atoms with E-state index in [1.807, 2.05) is 0 Å². The summed E-state index contributed by atoms with van der Waals surface area (Å²) in [7, 11) is 0. The number of nitrogens with two attached hydrogens (primary N) is 1. The number of carbonyl (C=O) groups is 1. The summed E-state index contributed by atoms with van der Waals surface area (Å²) in [5.41, 5.74) is 4.92. The van der Waals surface area contributed by atoms with E-state index in [0.29, 0.717) is 12.8 Å². The number of rotatable bonds is 8. The molecule has 1 amide bonds. The molecule has 6 heteroatoms. The van der Waals surface area contributed by atoms with Crippen LogP contribution >= 0.6 is 0 Å². The van der Waals surface area contributed by atoms with Crippen LogP contribution in [0.2, 0.25) is 0 Å². The quantitative estimate of drug-likeness (QED) is 0.345. The zero-order valence-corrected chi connectivity index (χ0v) is 7.40. The van der Waals surface area contributed by atoms with Gasteiger partial charge < -0.3 is 10.6 Å². The lowest BCUT2D eigenvalue weighted by Crippen LogP contribution is -2.09. The van der Waals surface area contributed by atoms with Gasteiger partial charge in [0.2, 0.25) is 5.91 Å². The molecule has 0 bridgehead atoms. The minimum atomic E-state index is -0.802. The number of primary amides is 1. The fraction of sp³-hybridized carbons (Fsp3) is 0.857. The highest BCUT2D eigenvalue weighted by Gasteiger charge is 1.96. The molecule has 0 saturated carbocycles. The van der Waals surface area contributed by atoms with Gasteiger partial charge in [-0.2, -0.15) is 0 Å². The molecule has 0 spiro atoms. The maximum Gasteiger partial charge on any atom is 0.294 e. The average Bonchev–Trinajstić information content (AvgIpc) is 2.01. The molecule has 13 heavy (non-hydrogen) atoms. The molecule has 0 unspecified atom stereocenters. The molecule has 0 aromatic rings. The summed E-state index contributed by atoms with van der Waals surface area (Å²) in [5.74, 6) is -0.304. The van der Waals surface area contributed by atoms with E-state index in [1.165, 1.54) is 0 Å². The lowest BCUT2D eigenvalue weighted by molar-refractivity contribution is -0.757. The first-order valence-corrected chi connectivity index (χ1v) is 4.18. The Balaban J connectivity index is 3.00. The lowest BCUT2D eigenvalue weighted by atomic mass is 10.1. The Hall–Kier alpha value is -1.33. The molecule has 0 saturated heterocycles. The van der Waals surface area contributed by atoms with E-state index in [4.69, 9.17) is 5.73 Å². The van der Waals surface area contributed by atoms with E-state index < -0.39 is 5.09 Å². The number of carbonyl (C=O) groups excluding carboxylic acids is 1. The normalized spacial score (nSPS) is 9.54. The van der Waals surface area contributed by atoms with Gasteiger partial charge >= 0.3 is 0 Å². The van der Waals surface area contributed by atoms with Crippen LogP contribution < -0.4 is 5.73 Å². The molecule has 0 aliphatic carbocycles. The van der Waals surface area contributed by atoms with Crippen molar-refractivity contribution in [1.82, 2.24) is 0 Å². The average molecular weight is 190 g/mol. The van der Waals surface area contributed by atoms with Gasteiger partial charge in [0.1, 0.15) is 0 Å². The second-order valence-corrected chi connectivity index (χ2v) is 2.69. The van der Waals surface area contributed by atoms with Crippen LogP contribution in [0.3, 0.4) is 0 Å². The van der Waals surface area contributed by atoms with E-state index in [0.717, 1.165) is 19.3 Å². The largest absolute Gasteiger partial charge is 0.370 e. The molecule has 0 heterocycles. The SMILES string of the molecule is NC(=O)CCCCCCO[N+](=O)[O-]. The number of unbranched alkanes of at least 4 members (excludes halogenated alkanes) is 3. The zero-order valence-electron chi connectivity index (χ0n) is 7.40. The van der Waals surface area contributed by atoms with Gasteiger partial charge in [0.15, 0.2) is 0 Å². The summed E-state index contributed by atoms with van der Waals surface area (Å²) in [5, 5.41) is 8.90. The third kappa shape index (κ3) is 10.7. The summed E-state index contributed by atoms with van der Waals surface area (Å²) in [6, 6.07) is 0. The highest BCUT2D eigenvalue weighted by atomic mass is 16.9. The maximum atomic E-state index is 10.3. The molecular formula is C7H14N2O4. The van der Waals surface area contributed by atoms with Crippen molar-refractivity contribution in [3.8, 4) is 0 Å². The summed E-state index contributed by atoms with van der Waals surface area (Å²) in [6.07, 6.45) is 3.44. The standard InChI is InChI=1S/C7H14N2O4/c8-7(10)5-3-1-2-4-6-13-9(11)12/h1-6H2,(H2,8,10). The molecule has 2 N–H and O–H groups in total. The van der Waals surface area contributed by atoms with Crippen LogP contribution in [0.25, 0.3) is 0 Å². The van der Waals surface area contributed by atoms with Crippen molar-refractivity contribution >= 4 is 5.91 Å². The predicted molar refractivity (Wildman–Crippen MR) is 45.2 cm³/mol. The van der Waals surface area contributed by atoms with Crippen LogP contribution in [0, 0.1) is 10.1 Å². The van der Waals surface area contributed by atoms with Crippen LogP contribution in [0.4, 0.5) is 0 Å². The van der Waals surface area contributed by atoms with E-state index in [-0.39, 0.29) is 12.5 Å². The number of amides is 1. The first-order chi connectivity index (χ1) is 6.13. The Morgan fingerprint density at radius 2 is 1.92 bits per heavy atom. The van der Waals surface area contributed by atoms with Crippen LogP contribution in [0.5, 0.6) is 0 Å². The third-order valence-corrected chi connectivity index (χ3v) is 1.51. The summed E-state index contributed by atoms with van der Waals surface area (Å²) < 4.78 is 0. The molecule has 0 aromatic carbocycles. The monoisotopic (exact) mass is 190 g/mol. The van der Waals surface area contributed by atoms with Gasteiger partial charge in [0, 0.05) is 6.42 Å². The minimum absolute atomic E-state index is 0.129. The number of hydrogen-bond acceptors (Lipinski definition) is 4. The van der Waals surface area contributed by atoms with Crippen molar-refractivity contribution in [2.45, 2.75) is 32.1 Å². The summed E-state index contributed by atoms with van der Waals surface area (Å²) >= 11 is 0. The van der Waals surface area contributed by atoms with Crippen molar-refractivity contribution < 1.29 is 14.7 Å². The molecule has 76 valence electrons. The fourth-order valence-corrected chi connectivity index (χ4v) is 0.894. The minimum Gasteiger partial charge on any atom is -0.370 e. The van der Waals surface area contributed by atoms with E-state index in [1.54, 1.807) is 0 Å². The third-order valence-electron chi connectivity index (χ3n) is 1.51. The summed E-state index contributed by atoms with van der Waals surface area (Å²) in [4.78, 5) is 24.1. The Bertz CT molecular complexity index is 154. The Kier molecular flexibility index (Phi) is 6.58. The fourth-order valence-electron chi connectivity index (χ4n) is 0.894. The Morgan fingerprint density at radius 3 is 2.46 bits per heavy atom. The molecule has 0 fully saturated rings. The van der Waals surface area contributed by atoms with Crippen molar-refractivity contribution in [1.29, 1.82) is 0 Å². The maximum absolute atomic E-state index is 10.3. The van der Waals surface area contributed by atoms with Gasteiger partial charge in [-0.25, -0.2) is 0 Å². The van der Waals surface area contributed by atoms with E-state index >= 15 is 0 Å². The van der Waals surface area contributed by atoms with Crippen molar-refractivity contribution in [3.63, 3.8) is 0 Å². The van der Waals surface area contributed by atoms with Crippen molar-refractivity contribution in [2.75, 3.05) is 6.61 Å². The Labute approximate surface area is 76.2 Å². The van der Waals surface area contributed by atoms with Crippen LogP contribution in [0.1, 0.15) is 32.1 Å². The Morgan fingerprint density at radius 1 is 1.31 bits per heavy atom. The second kappa shape index (κ2) is 7.33. The first-order valence-electron chi connectivity index (χ1n) is 4.18. The first kappa shape index (κ1) is 11.7. The topological polar surface area (TPSA) is 95.5 Å². The van der Waals surface area contributed by atoms with Crippen molar-refractivity contribution in [2.24, 2.45) is 5.73 Å². The highest BCUT2D eigenvalue weighted by Crippen LogP contribution is 2.02. The molecule has 0 radical (unpaired) electrons. The molecule has 0 aliphatic rings. The van der Waals surface area contributed by atoms with Crippen LogP contribution in [0.15, 0.2) is 0 Å². The van der Waals surface area contributed by atoms with Gasteiger partial charge in [0.05, 0.1) is 6.61 Å². The molecular weight excluding hydrogens is 176 g/mol. The van der Waals surface area contributed by atoms with Gasteiger partial charge in [0.25, 0.3) is 5.09 Å². The van der Waals surface area contributed by atoms with Crippen molar-refractivity contribution in [3.05, 3.63) is 10.1 Å². The number of hydrogen-bond donors (Lipinski definition) is 1. The molecule has 0 aliphatic heterocycles. The highest BCUT2D eigenvalue weighted by molar-refractivity contribution is 5.73. The molecule has 0 aromatic heterocycles. The van der Waals surface area contributed by atoms with Crippen LogP contribution in [-0.2, 0) is 9.63 Å². The van der Waals surface area contributed by atoms with Gasteiger partial charge in [-0.1, -0.05) is 12.8 Å². The van der Waals surface area contributed by atoms with Gasteiger partial charge in [-0.15, -0.1) is 10.1 Å². The second-order valence-electron chi connectivity index (χ2n) is 2.69. The molecule has 6 nitrogen and oxygen atoms in total.